The highest BCUT2D eigenvalue weighted by Crippen LogP contribution is 2.22. The molecule has 0 aliphatic rings. The highest BCUT2D eigenvalue weighted by Gasteiger charge is 2.25. The molecule has 3 N–H and O–H groups in total. The van der Waals surface area contributed by atoms with Gasteiger partial charge in [-0.25, -0.2) is 21.9 Å². The molecule has 0 amide bonds. The van der Waals surface area contributed by atoms with Crippen molar-refractivity contribution >= 4 is 15.7 Å². The second-order valence-corrected chi connectivity index (χ2v) is 6.13. The maximum atomic E-state index is 13.6. The molecule has 0 aliphatic heterocycles. The van der Waals surface area contributed by atoms with Gasteiger partial charge in [-0.3, -0.25) is 0 Å². The molecule has 0 radical (unpaired) electrons. The van der Waals surface area contributed by atoms with Gasteiger partial charge in [-0.2, -0.15) is 0 Å². The van der Waals surface area contributed by atoms with Crippen LogP contribution in [-0.2, 0) is 10.0 Å². The molecule has 1 aromatic rings. The zero-order chi connectivity index (χ0) is 14.6. The smallest absolute Gasteiger partial charge is 0.246 e. The van der Waals surface area contributed by atoms with Gasteiger partial charge in [0.2, 0.25) is 10.0 Å². The van der Waals surface area contributed by atoms with Gasteiger partial charge < -0.3 is 5.73 Å². The number of hydrogen-bond donors (Lipinski definition) is 2. The minimum absolute atomic E-state index is 0.159. The van der Waals surface area contributed by atoms with Gasteiger partial charge in [-0.15, -0.1) is 0 Å². The van der Waals surface area contributed by atoms with Crippen LogP contribution in [0.3, 0.4) is 0 Å². The van der Waals surface area contributed by atoms with Crippen molar-refractivity contribution in [1.82, 2.24) is 4.72 Å². The number of benzene rings is 1. The van der Waals surface area contributed by atoms with Gasteiger partial charge in [-0.05, 0) is 25.5 Å². The number of rotatable bonds is 6. The lowest BCUT2D eigenvalue weighted by molar-refractivity contribution is 0.500. The number of nitrogens with two attached hydrogens (primary N) is 1. The van der Waals surface area contributed by atoms with E-state index in [4.69, 9.17) is 5.73 Å². The Bertz CT molecular complexity index is 524. The van der Waals surface area contributed by atoms with Gasteiger partial charge >= 0.3 is 0 Å². The Balaban J connectivity index is 3.01. The third-order valence-corrected chi connectivity index (χ3v) is 4.28. The SMILES string of the molecule is CCCCC(C)NS(=O)(=O)c1c(F)cc(N)cc1F. The third-order valence-electron chi connectivity index (χ3n) is 2.64. The van der Waals surface area contributed by atoms with Crippen molar-refractivity contribution in [2.75, 3.05) is 5.73 Å². The number of unbranched alkanes of at least 4 members (excludes halogenated alkanes) is 1. The summed E-state index contributed by atoms with van der Waals surface area (Å²) >= 11 is 0. The number of sulfonamides is 1. The van der Waals surface area contributed by atoms with Crippen LogP contribution in [0.15, 0.2) is 17.0 Å². The summed E-state index contributed by atoms with van der Waals surface area (Å²) in [4.78, 5) is -0.981. The third kappa shape index (κ3) is 4.14. The Hall–Kier alpha value is -1.21. The summed E-state index contributed by atoms with van der Waals surface area (Å²) in [7, 11) is -4.22. The first kappa shape index (κ1) is 15.8. The molecule has 1 rings (SSSR count). The average Bonchev–Trinajstić information content (AvgIpc) is 2.23. The Morgan fingerprint density at radius 3 is 2.32 bits per heavy atom. The van der Waals surface area contributed by atoms with Crippen LogP contribution in [0, 0.1) is 11.6 Å². The van der Waals surface area contributed by atoms with Crippen LogP contribution in [0.5, 0.6) is 0 Å². The fourth-order valence-electron chi connectivity index (χ4n) is 1.73. The Morgan fingerprint density at radius 1 is 1.32 bits per heavy atom. The molecule has 0 saturated carbocycles. The molecule has 7 heteroatoms. The maximum Gasteiger partial charge on any atom is 0.246 e. The lowest BCUT2D eigenvalue weighted by atomic mass is 10.2. The molecule has 108 valence electrons. The Kier molecular flexibility index (Phi) is 5.25. The van der Waals surface area contributed by atoms with Crippen molar-refractivity contribution in [3.63, 3.8) is 0 Å². The maximum absolute atomic E-state index is 13.6. The molecule has 4 nitrogen and oxygen atoms in total. The van der Waals surface area contributed by atoms with E-state index in [0.717, 1.165) is 25.0 Å². The summed E-state index contributed by atoms with van der Waals surface area (Å²) in [5.74, 6) is -2.37. The largest absolute Gasteiger partial charge is 0.399 e. The van der Waals surface area contributed by atoms with E-state index in [2.05, 4.69) is 4.72 Å². The molecule has 1 aromatic carbocycles. The van der Waals surface area contributed by atoms with E-state index in [-0.39, 0.29) is 11.7 Å². The molecule has 0 aromatic heterocycles. The quantitative estimate of drug-likeness (QED) is 0.791. The normalized spacial score (nSPS) is 13.5. The lowest BCUT2D eigenvalue weighted by Crippen LogP contribution is -2.33. The van der Waals surface area contributed by atoms with Gasteiger partial charge in [0.1, 0.15) is 11.6 Å². The summed E-state index contributed by atoms with van der Waals surface area (Å²) in [6.07, 6.45) is 2.35. The highest BCUT2D eigenvalue weighted by molar-refractivity contribution is 7.89. The topological polar surface area (TPSA) is 72.2 Å². The minimum Gasteiger partial charge on any atom is -0.399 e. The first-order chi connectivity index (χ1) is 8.77. The van der Waals surface area contributed by atoms with E-state index in [9.17, 15) is 17.2 Å². The summed E-state index contributed by atoms with van der Waals surface area (Å²) < 4.78 is 53.3. The standard InChI is InChI=1S/C12H18F2N2O2S/c1-3-4-5-8(2)16-19(17,18)12-10(13)6-9(15)7-11(12)14/h6-8,16H,3-5,15H2,1-2H3. The van der Waals surface area contributed by atoms with E-state index < -0.39 is 26.6 Å². The van der Waals surface area contributed by atoms with E-state index in [1.165, 1.54) is 0 Å². The molecular formula is C12H18F2N2O2S. The highest BCUT2D eigenvalue weighted by atomic mass is 32.2. The van der Waals surface area contributed by atoms with Crippen LogP contribution in [0.25, 0.3) is 0 Å². The van der Waals surface area contributed by atoms with Crippen molar-refractivity contribution in [2.24, 2.45) is 0 Å². The average molecular weight is 292 g/mol. The van der Waals surface area contributed by atoms with Gasteiger partial charge in [0.15, 0.2) is 4.90 Å². The van der Waals surface area contributed by atoms with Crippen LogP contribution < -0.4 is 10.5 Å². The van der Waals surface area contributed by atoms with Crippen LogP contribution in [0.4, 0.5) is 14.5 Å². The molecule has 0 spiro atoms. The molecule has 0 bridgehead atoms. The van der Waals surface area contributed by atoms with E-state index in [1.807, 2.05) is 6.92 Å². The Morgan fingerprint density at radius 2 is 1.84 bits per heavy atom. The Labute approximate surface area is 112 Å². The summed E-state index contributed by atoms with van der Waals surface area (Å²) in [6, 6.07) is 1.18. The lowest BCUT2D eigenvalue weighted by Gasteiger charge is -2.14. The minimum atomic E-state index is -4.22. The molecule has 0 saturated heterocycles. The van der Waals surface area contributed by atoms with Crippen LogP contribution in [0.1, 0.15) is 33.1 Å². The number of nitrogen functional groups attached to an aromatic ring is 1. The monoisotopic (exact) mass is 292 g/mol. The summed E-state index contributed by atoms with van der Waals surface area (Å²) in [5, 5.41) is 0. The number of anilines is 1. The molecule has 19 heavy (non-hydrogen) atoms. The zero-order valence-electron chi connectivity index (χ0n) is 10.9. The van der Waals surface area contributed by atoms with Gasteiger partial charge in [0.05, 0.1) is 0 Å². The molecular weight excluding hydrogens is 274 g/mol. The fourth-order valence-corrected chi connectivity index (χ4v) is 3.13. The second kappa shape index (κ2) is 6.29. The summed E-state index contributed by atoms with van der Waals surface area (Å²) in [5.41, 5.74) is 5.08. The number of halogens is 2. The first-order valence-electron chi connectivity index (χ1n) is 6.04. The molecule has 0 heterocycles. The predicted octanol–water partition coefficient (Wildman–Crippen LogP) is 2.40. The number of nitrogens with one attached hydrogen (secondary N) is 1. The summed E-state index contributed by atoms with van der Waals surface area (Å²) in [6.45, 7) is 3.63. The molecule has 0 aliphatic carbocycles. The number of hydrogen-bond acceptors (Lipinski definition) is 3. The van der Waals surface area contributed by atoms with Crippen molar-refractivity contribution in [3.05, 3.63) is 23.8 Å². The predicted molar refractivity (Wildman–Crippen MR) is 70.1 cm³/mol. The fraction of sp³-hybridized carbons (Fsp3) is 0.500. The van der Waals surface area contributed by atoms with E-state index in [1.54, 1.807) is 6.92 Å². The van der Waals surface area contributed by atoms with E-state index >= 15 is 0 Å². The van der Waals surface area contributed by atoms with Crippen LogP contribution in [0.2, 0.25) is 0 Å². The van der Waals surface area contributed by atoms with Gasteiger partial charge in [0.25, 0.3) is 0 Å². The van der Waals surface area contributed by atoms with Crippen LogP contribution >= 0.6 is 0 Å². The molecule has 1 unspecified atom stereocenters. The van der Waals surface area contributed by atoms with Crippen molar-refractivity contribution in [1.29, 1.82) is 0 Å². The molecule has 1 atom stereocenters. The molecule has 0 fully saturated rings. The van der Waals surface area contributed by atoms with Crippen LogP contribution in [-0.4, -0.2) is 14.5 Å². The van der Waals surface area contributed by atoms with Gasteiger partial charge in [0, 0.05) is 11.7 Å². The van der Waals surface area contributed by atoms with Crippen molar-refractivity contribution in [3.8, 4) is 0 Å². The van der Waals surface area contributed by atoms with Crippen molar-refractivity contribution < 1.29 is 17.2 Å². The second-order valence-electron chi connectivity index (χ2n) is 4.48. The van der Waals surface area contributed by atoms with E-state index in [0.29, 0.717) is 6.42 Å². The van der Waals surface area contributed by atoms with Gasteiger partial charge in [-0.1, -0.05) is 19.8 Å². The zero-order valence-corrected chi connectivity index (χ0v) is 11.7. The van der Waals surface area contributed by atoms with Crippen molar-refractivity contribution in [2.45, 2.75) is 44.0 Å². The first-order valence-corrected chi connectivity index (χ1v) is 7.53.